The summed E-state index contributed by atoms with van der Waals surface area (Å²) in [4.78, 5) is 10.2. The summed E-state index contributed by atoms with van der Waals surface area (Å²) < 4.78 is 0. The monoisotopic (exact) mass is 145 g/mol. The van der Waals surface area contributed by atoms with Gasteiger partial charge < -0.3 is 21.0 Å². The van der Waals surface area contributed by atoms with Crippen LogP contribution in [-0.2, 0) is 4.79 Å². The molecule has 0 aromatic rings. The number of aliphatic carboxylic acids is 1. The highest BCUT2D eigenvalue weighted by Gasteiger charge is 2.04. The number of nitrogens with one attached hydrogen (secondary N) is 1. The predicted octanol–water partition coefficient (Wildman–Crippen LogP) is -1.94. The smallest absolute Gasteiger partial charge is 0.0584 e. The Morgan fingerprint density at radius 1 is 1.80 bits per heavy atom. The zero-order valence-corrected chi connectivity index (χ0v) is 6.09. The van der Waals surface area contributed by atoms with Gasteiger partial charge in [-0.25, -0.2) is 0 Å². The highest BCUT2D eigenvalue weighted by molar-refractivity contribution is 5.70. The first-order valence-electron chi connectivity index (χ1n) is 3.30. The van der Waals surface area contributed by atoms with E-state index in [1.807, 2.05) is 0 Å². The zero-order valence-electron chi connectivity index (χ0n) is 6.09. The molecule has 0 spiro atoms. The predicted molar refractivity (Wildman–Crippen MR) is 36.1 cm³/mol. The number of hydrogen-bond donors (Lipinski definition) is 2. The molecule has 0 unspecified atom stereocenters. The van der Waals surface area contributed by atoms with Crippen LogP contribution in [0.1, 0.15) is 12.8 Å². The number of nitrogens with two attached hydrogens (primary N) is 1. The molecule has 0 fully saturated rings. The minimum absolute atomic E-state index is 0.519. The molecule has 1 atom stereocenters. The Labute approximate surface area is 60.4 Å². The topological polar surface area (TPSA) is 78.2 Å². The van der Waals surface area contributed by atoms with E-state index in [4.69, 9.17) is 5.73 Å². The molecule has 0 heterocycles. The van der Waals surface area contributed by atoms with E-state index in [1.54, 1.807) is 7.05 Å². The molecular formula is C6H13N2O2-. The van der Waals surface area contributed by atoms with Crippen LogP contribution in [0.25, 0.3) is 0 Å². The standard InChI is InChI=1S/C6H14N2O2/c1-8-5(6(9)10)3-2-4-7/h5,8H,2-4,7H2,1H3,(H,9,10)/p-1/t5-/m0/s1. The van der Waals surface area contributed by atoms with Gasteiger partial charge in [0.15, 0.2) is 0 Å². The van der Waals surface area contributed by atoms with E-state index < -0.39 is 12.0 Å². The minimum Gasteiger partial charge on any atom is -0.548 e. The molecule has 0 radical (unpaired) electrons. The van der Waals surface area contributed by atoms with Crippen LogP contribution in [0, 0.1) is 0 Å². The quantitative estimate of drug-likeness (QED) is 0.472. The number of likely N-dealkylation sites (N-methyl/N-ethyl adjacent to an activating group) is 1. The lowest BCUT2D eigenvalue weighted by Gasteiger charge is -2.15. The molecule has 0 aliphatic heterocycles. The van der Waals surface area contributed by atoms with Gasteiger partial charge in [-0.1, -0.05) is 0 Å². The summed E-state index contributed by atoms with van der Waals surface area (Å²) in [6, 6.07) is -0.552. The van der Waals surface area contributed by atoms with Gasteiger partial charge in [-0.2, -0.15) is 0 Å². The maximum absolute atomic E-state index is 10.2. The van der Waals surface area contributed by atoms with Crippen LogP contribution in [0.15, 0.2) is 0 Å². The summed E-state index contributed by atoms with van der Waals surface area (Å²) in [5.74, 6) is -1.06. The van der Waals surface area contributed by atoms with Crippen molar-refractivity contribution in [2.45, 2.75) is 18.9 Å². The average molecular weight is 145 g/mol. The molecule has 3 N–H and O–H groups in total. The van der Waals surface area contributed by atoms with Crippen molar-refractivity contribution in [3.8, 4) is 0 Å². The van der Waals surface area contributed by atoms with Gasteiger partial charge >= 0.3 is 0 Å². The van der Waals surface area contributed by atoms with Crippen LogP contribution in [0.3, 0.4) is 0 Å². The Hall–Kier alpha value is -0.610. The molecule has 60 valence electrons. The Morgan fingerprint density at radius 3 is 2.70 bits per heavy atom. The molecule has 0 saturated heterocycles. The summed E-state index contributed by atoms with van der Waals surface area (Å²) in [5.41, 5.74) is 5.19. The Bertz CT molecular complexity index is 106. The second-order valence-corrected chi connectivity index (χ2v) is 2.09. The molecule has 0 aromatic heterocycles. The fraction of sp³-hybridized carbons (Fsp3) is 0.833. The van der Waals surface area contributed by atoms with E-state index in [0.29, 0.717) is 19.4 Å². The summed E-state index contributed by atoms with van der Waals surface area (Å²) in [6.45, 7) is 0.519. The highest BCUT2D eigenvalue weighted by Crippen LogP contribution is 1.92. The minimum atomic E-state index is -1.06. The van der Waals surface area contributed by atoms with Gasteiger partial charge in [0, 0.05) is 6.04 Å². The molecule has 0 bridgehead atoms. The van der Waals surface area contributed by atoms with Crippen molar-refractivity contribution in [3.63, 3.8) is 0 Å². The van der Waals surface area contributed by atoms with Crippen LogP contribution in [0.5, 0.6) is 0 Å². The maximum Gasteiger partial charge on any atom is 0.0584 e. The second-order valence-electron chi connectivity index (χ2n) is 2.09. The van der Waals surface area contributed by atoms with E-state index in [-0.39, 0.29) is 0 Å². The number of hydrogen-bond acceptors (Lipinski definition) is 4. The Balaban J connectivity index is 3.50. The molecule has 4 nitrogen and oxygen atoms in total. The maximum atomic E-state index is 10.2. The van der Waals surface area contributed by atoms with E-state index in [0.717, 1.165) is 0 Å². The molecular weight excluding hydrogens is 132 g/mol. The first kappa shape index (κ1) is 9.39. The zero-order chi connectivity index (χ0) is 7.98. The molecule has 0 rings (SSSR count). The highest BCUT2D eigenvalue weighted by atomic mass is 16.4. The van der Waals surface area contributed by atoms with Crippen molar-refractivity contribution in [1.82, 2.24) is 5.32 Å². The molecule has 4 heteroatoms. The van der Waals surface area contributed by atoms with E-state index in [9.17, 15) is 9.90 Å². The molecule has 10 heavy (non-hydrogen) atoms. The molecule has 0 amide bonds. The average Bonchev–Trinajstić information content (AvgIpc) is 1.89. The van der Waals surface area contributed by atoms with Crippen molar-refractivity contribution in [3.05, 3.63) is 0 Å². The number of carboxylic acids is 1. The third kappa shape index (κ3) is 3.42. The van der Waals surface area contributed by atoms with Crippen LogP contribution < -0.4 is 16.2 Å². The van der Waals surface area contributed by atoms with Crippen molar-refractivity contribution >= 4 is 5.97 Å². The third-order valence-electron chi connectivity index (χ3n) is 1.33. The van der Waals surface area contributed by atoms with Gasteiger partial charge in [0.2, 0.25) is 0 Å². The molecule has 0 aromatic carbocycles. The normalized spacial score (nSPS) is 13.0. The fourth-order valence-electron chi connectivity index (χ4n) is 0.702. The lowest BCUT2D eigenvalue weighted by molar-refractivity contribution is -0.308. The van der Waals surface area contributed by atoms with E-state index in [2.05, 4.69) is 5.32 Å². The Morgan fingerprint density at radius 2 is 2.40 bits per heavy atom. The second kappa shape index (κ2) is 5.20. The van der Waals surface area contributed by atoms with Crippen LogP contribution in [0.2, 0.25) is 0 Å². The van der Waals surface area contributed by atoms with Crippen molar-refractivity contribution < 1.29 is 9.90 Å². The van der Waals surface area contributed by atoms with Crippen LogP contribution in [0.4, 0.5) is 0 Å². The van der Waals surface area contributed by atoms with Crippen molar-refractivity contribution in [1.29, 1.82) is 0 Å². The lowest BCUT2D eigenvalue weighted by atomic mass is 10.1. The first-order valence-corrected chi connectivity index (χ1v) is 3.30. The molecule has 0 saturated carbocycles. The summed E-state index contributed by atoms with van der Waals surface area (Å²) in [6.07, 6.45) is 1.24. The van der Waals surface area contributed by atoms with Gasteiger partial charge in [-0.15, -0.1) is 0 Å². The van der Waals surface area contributed by atoms with Crippen LogP contribution in [-0.4, -0.2) is 25.6 Å². The Kier molecular flexibility index (Phi) is 4.88. The van der Waals surface area contributed by atoms with Crippen molar-refractivity contribution in [2.24, 2.45) is 5.73 Å². The van der Waals surface area contributed by atoms with Gasteiger partial charge in [0.1, 0.15) is 0 Å². The number of carboxylic acid groups (broad SMARTS) is 1. The van der Waals surface area contributed by atoms with Gasteiger partial charge in [-0.05, 0) is 26.4 Å². The SMILES string of the molecule is CN[C@@H](CCCN)C(=O)[O-]. The third-order valence-corrected chi connectivity index (χ3v) is 1.33. The fourth-order valence-corrected chi connectivity index (χ4v) is 0.702. The summed E-state index contributed by atoms with van der Waals surface area (Å²) >= 11 is 0. The summed E-state index contributed by atoms with van der Waals surface area (Å²) in [5, 5.41) is 12.8. The van der Waals surface area contributed by atoms with Gasteiger partial charge in [-0.3, -0.25) is 0 Å². The molecule has 0 aliphatic rings. The van der Waals surface area contributed by atoms with Gasteiger partial charge in [0.25, 0.3) is 0 Å². The first-order chi connectivity index (χ1) is 4.72. The molecule has 0 aliphatic carbocycles. The van der Waals surface area contributed by atoms with Crippen LogP contribution >= 0.6 is 0 Å². The number of rotatable bonds is 5. The van der Waals surface area contributed by atoms with E-state index >= 15 is 0 Å². The van der Waals surface area contributed by atoms with Crippen molar-refractivity contribution in [2.75, 3.05) is 13.6 Å². The van der Waals surface area contributed by atoms with E-state index in [1.165, 1.54) is 0 Å². The number of carbonyl (C=O) groups excluding carboxylic acids is 1. The summed E-state index contributed by atoms with van der Waals surface area (Å²) in [7, 11) is 1.59. The lowest BCUT2D eigenvalue weighted by Crippen LogP contribution is -2.43. The largest absolute Gasteiger partial charge is 0.548 e. The number of carbonyl (C=O) groups is 1. The van der Waals surface area contributed by atoms with Gasteiger partial charge in [0.05, 0.1) is 5.97 Å².